The molecule has 1 fully saturated rings. The van der Waals surface area contributed by atoms with Crippen molar-refractivity contribution >= 4 is 5.78 Å². The standard InChI is InChI=1S/C12H14O2/c1-8(14)9-2-4-10(5-3-9)12-6-11(12)7-13/h2-5,11-13H,6-7H2,1H3. The maximum absolute atomic E-state index is 11.0. The summed E-state index contributed by atoms with van der Waals surface area (Å²) in [4.78, 5) is 11.0. The van der Waals surface area contributed by atoms with Crippen molar-refractivity contribution < 1.29 is 9.90 Å². The van der Waals surface area contributed by atoms with Gasteiger partial charge in [-0.05, 0) is 30.7 Å². The largest absolute Gasteiger partial charge is 0.396 e. The Morgan fingerprint density at radius 3 is 2.50 bits per heavy atom. The molecule has 1 saturated carbocycles. The van der Waals surface area contributed by atoms with Gasteiger partial charge in [-0.3, -0.25) is 4.79 Å². The Hall–Kier alpha value is -1.15. The summed E-state index contributed by atoms with van der Waals surface area (Å²) in [6, 6.07) is 7.73. The molecule has 0 amide bonds. The van der Waals surface area contributed by atoms with Crippen molar-refractivity contribution in [3.63, 3.8) is 0 Å². The summed E-state index contributed by atoms with van der Waals surface area (Å²) in [7, 11) is 0. The molecule has 2 rings (SSSR count). The van der Waals surface area contributed by atoms with Gasteiger partial charge < -0.3 is 5.11 Å². The van der Waals surface area contributed by atoms with Gasteiger partial charge in [-0.2, -0.15) is 0 Å². The normalized spacial score (nSPS) is 24.7. The van der Waals surface area contributed by atoms with Gasteiger partial charge in [0.15, 0.2) is 5.78 Å². The number of ketones is 1. The molecule has 2 unspecified atom stereocenters. The van der Waals surface area contributed by atoms with Crippen molar-refractivity contribution in [1.82, 2.24) is 0 Å². The molecule has 1 aromatic rings. The van der Waals surface area contributed by atoms with Crippen LogP contribution in [0.25, 0.3) is 0 Å². The minimum atomic E-state index is 0.103. The summed E-state index contributed by atoms with van der Waals surface area (Å²) in [5, 5.41) is 8.93. The minimum absolute atomic E-state index is 0.103. The summed E-state index contributed by atoms with van der Waals surface area (Å²) >= 11 is 0. The van der Waals surface area contributed by atoms with Crippen molar-refractivity contribution in [2.24, 2.45) is 5.92 Å². The van der Waals surface area contributed by atoms with E-state index >= 15 is 0 Å². The van der Waals surface area contributed by atoms with Gasteiger partial charge in [0.25, 0.3) is 0 Å². The van der Waals surface area contributed by atoms with E-state index in [9.17, 15) is 4.79 Å². The van der Waals surface area contributed by atoms with Crippen molar-refractivity contribution in [2.75, 3.05) is 6.61 Å². The van der Waals surface area contributed by atoms with E-state index in [0.29, 0.717) is 11.8 Å². The lowest BCUT2D eigenvalue weighted by Crippen LogP contribution is -1.93. The van der Waals surface area contributed by atoms with Crippen LogP contribution in [0.3, 0.4) is 0 Å². The third-order valence-corrected chi connectivity index (χ3v) is 2.90. The van der Waals surface area contributed by atoms with E-state index < -0.39 is 0 Å². The topological polar surface area (TPSA) is 37.3 Å². The Kier molecular flexibility index (Phi) is 2.38. The first-order chi connectivity index (χ1) is 6.72. The lowest BCUT2D eigenvalue weighted by Gasteiger charge is -2.00. The third-order valence-electron chi connectivity index (χ3n) is 2.90. The summed E-state index contributed by atoms with van der Waals surface area (Å²) in [5.74, 6) is 1.06. The van der Waals surface area contributed by atoms with Crippen LogP contribution in [0, 0.1) is 5.92 Å². The number of aliphatic hydroxyl groups is 1. The molecule has 0 saturated heterocycles. The highest BCUT2D eigenvalue weighted by atomic mass is 16.3. The van der Waals surface area contributed by atoms with E-state index in [1.165, 1.54) is 5.56 Å². The number of Topliss-reactive ketones (excluding diaryl/α,β-unsaturated/α-hetero) is 1. The SMILES string of the molecule is CC(=O)c1ccc(C2CC2CO)cc1. The molecule has 2 atom stereocenters. The van der Waals surface area contributed by atoms with Gasteiger partial charge in [-0.25, -0.2) is 0 Å². The van der Waals surface area contributed by atoms with Crippen molar-refractivity contribution in [1.29, 1.82) is 0 Å². The molecular weight excluding hydrogens is 176 g/mol. The molecule has 2 heteroatoms. The maximum Gasteiger partial charge on any atom is 0.159 e. The molecule has 0 bridgehead atoms. The van der Waals surface area contributed by atoms with Crippen LogP contribution >= 0.6 is 0 Å². The summed E-state index contributed by atoms with van der Waals surface area (Å²) in [6.45, 7) is 1.85. The summed E-state index contributed by atoms with van der Waals surface area (Å²) in [6.07, 6.45) is 1.08. The number of carbonyl (C=O) groups excluding carboxylic acids is 1. The first kappa shape index (κ1) is 9.41. The maximum atomic E-state index is 11.0. The second kappa shape index (κ2) is 3.54. The van der Waals surface area contributed by atoms with E-state index in [2.05, 4.69) is 0 Å². The molecule has 0 spiro atoms. The quantitative estimate of drug-likeness (QED) is 0.740. The number of carbonyl (C=O) groups is 1. The molecule has 1 aliphatic rings. The van der Waals surface area contributed by atoms with Crippen LogP contribution in [-0.4, -0.2) is 17.5 Å². The Morgan fingerprint density at radius 1 is 1.43 bits per heavy atom. The number of hydrogen-bond donors (Lipinski definition) is 1. The molecule has 0 aliphatic heterocycles. The highest BCUT2D eigenvalue weighted by molar-refractivity contribution is 5.94. The van der Waals surface area contributed by atoms with E-state index in [-0.39, 0.29) is 12.4 Å². The monoisotopic (exact) mass is 190 g/mol. The van der Waals surface area contributed by atoms with Gasteiger partial charge in [-0.1, -0.05) is 24.3 Å². The molecule has 1 aliphatic carbocycles. The van der Waals surface area contributed by atoms with Crippen LogP contribution in [-0.2, 0) is 0 Å². The molecule has 14 heavy (non-hydrogen) atoms. The van der Waals surface area contributed by atoms with Crippen LogP contribution in [0.4, 0.5) is 0 Å². The van der Waals surface area contributed by atoms with Crippen LogP contribution < -0.4 is 0 Å². The molecule has 2 nitrogen and oxygen atoms in total. The smallest absolute Gasteiger partial charge is 0.159 e. The summed E-state index contributed by atoms with van der Waals surface area (Å²) < 4.78 is 0. The van der Waals surface area contributed by atoms with Crippen molar-refractivity contribution in [2.45, 2.75) is 19.3 Å². The Morgan fingerprint density at radius 2 is 2.07 bits per heavy atom. The second-order valence-electron chi connectivity index (χ2n) is 3.96. The third kappa shape index (κ3) is 1.70. The van der Waals surface area contributed by atoms with Crippen LogP contribution in [0.1, 0.15) is 35.2 Å². The average Bonchev–Trinajstić information content (AvgIpc) is 2.97. The van der Waals surface area contributed by atoms with E-state index in [1.807, 2.05) is 24.3 Å². The lowest BCUT2D eigenvalue weighted by atomic mass is 10.1. The first-order valence-electron chi connectivity index (χ1n) is 4.94. The highest BCUT2D eigenvalue weighted by Crippen LogP contribution is 2.46. The predicted molar refractivity (Wildman–Crippen MR) is 54.4 cm³/mol. The van der Waals surface area contributed by atoms with Crippen molar-refractivity contribution in [3.8, 4) is 0 Å². The van der Waals surface area contributed by atoms with Crippen LogP contribution in [0.5, 0.6) is 0 Å². The van der Waals surface area contributed by atoms with Crippen LogP contribution in [0.15, 0.2) is 24.3 Å². The molecule has 74 valence electrons. The Balaban J connectivity index is 2.11. The molecular formula is C12H14O2. The Bertz CT molecular complexity index is 340. The van der Waals surface area contributed by atoms with Gasteiger partial charge in [0.05, 0.1) is 0 Å². The van der Waals surface area contributed by atoms with Gasteiger partial charge in [-0.15, -0.1) is 0 Å². The molecule has 0 heterocycles. The number of hydrogen-bond acceptors (Lipinski definition) is 2. The minimum Gasteiger partial charge on any atom is -0.396 e. The first-order valence-corrected chi connectivity index (χ1v) is 4.94. The molecule has 0 aromatic heterocycles. The van der Waals surface area contributed by atoms with E-state index in [0.717, 1.165) is 12.0 Å². The van der Waals surface area contributed by atoms with E-state index in [4.69, 9.17) is 5.11 Å². The molecule has 1 aromatic carbocycles. The molecule has 0 radical (unpaired) electrons. The lowest BCUT2D eigenvalue weighted by molar-refractivity contribution is 0.101. The average molecular weight is 190 g/mol. The van der Waals surface area contributed by atoms with Crippen LogP contribution in [0.2, 0.25) is 0 Å². The van der Waals surface area contributed by atoms with Gasteiger partial charge >= 0.3 is 0 Å². The zero-order valence-corrected chi connectivity index (χ0v) is 8.23. The fraction of sp³-hybridized carbons (Fsp3) is 0.417. The number of aliphatic hydroxyl groups excluding tert-OH is 1. The fourth-order valence-corrected chi connectivity index (χ4v) is 1.82. The van der Waals surface area contributed by atoms with Crippen molar-refractivity contribution in [3.05, 3.63) is 35.4 Å². The zero-order chi connectivity index (χ0) is 10.1. The predicted octanol–water partition coefficient (Wildman–Crippen LogP) is 1.98. The number of benzene rings is 1. The molecule has 1 N–H and O–H groups in total. The fourth-order valence-electron chi connectivity index (χ4n) is 1.82. The van der Waals surface area contributed by atoms with Gasteiger partial charge in [0.2, 0.25) is 0 Å². The van der Waals surface area contributed by atoms with Gasteiger partial charge in [0.1, 0.15) is 0 Å². The highest BCUT2D eigenvalue weighted by Gasteiger charge is 2.37. The summed E-state index contributed by atoms with van der Waals surface area (Å²) in [5.41, 5.74) is 2.00. The number of rotatable bonds is 3. The van der Waals surface area contributed by atoms with Gasteiger partial charge in [0, 0.05) is 12.2 Å². The Labute approximate surface area is 83.6 Å². The second-order valence-corrected chi connectivity index (χ2v) is 3.96. The van der Waals surface area contributed by atoms with E-state index in [1.54, 1.807) is 6.92 Å². The zero-order valence-electron chi connectivity index (χ0n) is 8.23.